The van der Waals surface area contributed by atoms with Crippen molar-refractivity contribution in [3.05, 3.63) is 39.7 Å². The lowest BCUT2D eigenvalue weighted by Gasteiger charge is -2.17. The Labute approximate surface area is 137 Å². The number of rotatable bonds is 2. The molecule has 0 amide bonds. The van der Waals surface area contributed by atoms with E-state index >= 15 is 0 Å². The van der Waals surface area contributed by atoms with E-state index in [0.717, 1.165) is 12.1 Å². The molecule has 0 aliphatic rings. The molecule has 1 aromatic carbocycles. The number of benzene rings is 1. The summed E-state index contributed by atoms with van der Waals surface area (Å²) in [6.45, 7) is 15.8. The average Bonchev–Trinajstić information content (AvgIpc) is 2.87. The van der Waals surface area contributed by atoms with E-state index in [2.05, 4.69) is 53.5 Å². The summed E-state index contributed by atoms with van der Waals surface area (Å²) in [4.78, 5) is 4.57. The molecule has 0 saturated heterocycles. The lowest BCUT2D eigenvalue weighted by molar-refractivity contribution is 0.643. The fraction of sp³-hybridized carbons (Fsp3) is 0.450. The summed E-state index contributed by atoms with van der Waals surface area (Å²) in [6, 6.07) is 0. The highest BCUT2D eigenvalue weighted by atomic mass is 32.1. The second kappa shape index (κ2) is 5.34. The van der Waals surface area contributed by atoms with Crippen molar-refractivity contribution in [1.29, 1.82) is 0 Å². The molecule has 0 saturated carbocycles. The maximum absolute atomic E-state index is 4.57. The Kier molecular flexibility index (Phi) is 3.76. The van der Waals surface area contributed by atoms with Gasteiger partial charge in [0, 0.05) is 21.7 Å². The topological polar surface area (TPSA) is 12.9 Å². The normalized spacial score (nSPS) is 12.0. The van der Waals surface area contributed by atoms with Gasteiger partial charge in [-0.1, -0.05) is 13.8 Å². The number of thiophene rings is 1. The van der Waals surface area contributed by atoms with Crippen LogP contribution in [-0.2, 0) is 6.42 Å². The molecule has 0 N–H and O–H groups in total. The molecule has 3 rings (SSSR count). The van der Waals surface area contributed by atoms with Crippen molar-refractivity contribution in [2.24, 2.45) is 5.92 Å². The van der Waals surface area contributed by atoms with E-state index in [4.69, 9.17) is 0 Å². The third kappa shape index (κ3) is 2.16. The standard InChI is InChI=1S/C20H25NS/c1-10(2)8-16-12(4)13(5)19-18(14(16)6)17-11(3)9-21-15(7)20(17)22-19/h9-10H,8H2,1-7H3. The van der Waals surface area contributed by atoms with Gasteiger partial charge in [-0.05, 0) is 74.8 Å². The van der Waals surface area contributed by atoms with Crippen LogP contribution in [0.15, 0.2) is 6.20 Å². The molecule has 116 valence electrons. The van der Waals surface area contributed by atoms with Gasteiger partial charge < -0.3 is 0 Å². The van der Waals surface area contributed by atoms with Crippen LogP contribution < -0.4 is 0 Å². The molecule has 22 heavy (non-hydrogen) atoms. The maximum atomic E-state index is 4.57. The van der Waals surface area contributed by atoms with Crippen molar-refractivity contribution in [2.75, 3.05) is 0 Å². The van der Waals surface area contributed by atoms with E-state index in [1.54, 1.807) is 5.56 Å². The summed E-state index contributed by atoms with van der Waals surface area (Å²) in [6.07, 6.45) is 3.19. The van der Waals surface area contributed by atoms with E-state index in [-0.39, 0.29) is 0 Å². The van der Waals surface area contributed by atoms with Crippen LogP contribution in [0.25, 0.3) is 20.2 Å². The molecule has 2 aromatic heterocycles. The molecule has 0 aliphatic carbocycles. The number of aromatic nitrogens is 1. The van der Waals surface area contributed by atoms with Gasteiger partial charge in [-0.15, -0.1) is 11.3 Å². The number of fused-ring (bicyclic) bond motifs is 3. The smallest absolute Gasteiger partial charge is 0.0570 e. The molecular weight excluding hydrogens is 286 g/mol. The van der Waals surface area contributed by atoms with Gasteiger partial charge in [0.2, 0.25) is 0 Å². The van der Waals surface area contributed by atoms with Gasteiger partial charge in [-0.3, -0.25) is 4.98 Å². The quantitative estimate of drug-likeness (QED) is 0.550. The van der Waals surface area contributed by atoms with Crippen LogP contribution in [-0.4, -0.2) is 4.98 Å². The lowest BCUT2D eigenvalue weighted by Crippen LogP contribution is -2.02. The Morgan fingerprint density at radius 2 is 1.59 bits per heavy atom. The number of nitrogens with zero attached hydrogens (tertiary/aromatic N) is 1. The van der Waals surface area contributed by atoms with Crippen molar-refractivity contribution in [2.45, 2.75) is 54.9 Å². The lowest BCUT2D eigenvalue weighted by atomic mass is 9.88. The number of aryl methyl sites for hydroxylation is 4. The van der Waals surface area contributed by atoms with Crippen molar-refractivity contribution in [3.8, 4) is 0 Å². The Balaban J connectivity index is 2.53. The molecule has 1 nitrogen and oxygen atoms in total. The van der Waals surface area contributed by atoms with Crippen molar-refractivity contribution in [1.82, 2.24) is 4.98 Å². The first kappa shape index (κ1) is 15.5. The van der Waals surface area contributed by atoms with E-state index in [1.165, 1.54) is 42.4 Å². The molecule has 0 aliphatic heterocycles. The van der Waals surface area contributed by atoms with E-state index in [9.17, 15) is 0 Å². The van der Waals surface area contributed by atoms with Crippen LogP contribution in [0, 0.1) is 40.5 Å². The molecule has 0 radical (unpaired) electrons. The molecule has 0 fully saturated rings. The fourth-order valence-corrected chi connectivity index (χ4v) is 4.98. The minimum atomic E-state index is 0.684. The Morgan fingerprint density at radius 1 is 0.909 bits per heavy atom. The summed E-state index contributed by atoms with van der Waals surface area (Å²) in [5, 5.41) is 2.90. The zero-order valence-electron chi connectivity index (χ0n) is 14.7. The van der Waals surface area contributed by atoms with E-state index in [1.807, 2.05) is 17.5 Å². The average molecular weight is 311 g/mol. The summed E-state index contributed by atoms with van der Waals surface area (Å²) in [5.74, 6) is 0.684. The molecule has 0 bridgehead atoms. The first-order chi connectivity index (χ1) is 10.3. The summed E-state index contributed by atoms with van der Waals surface area (Å²) < 4.78 is 2.82. The SMILES string of the molecule is Cc1c(CC(C)C)c(C)c2c(sc3c(C)ncc(C)c32)c1C. The zero-order valence-corrected chi connectivity index (χ0v) is 15.5. The van der Waals surface area contributed by atoms with Crippen molar-refractivity contribution in [3.63, 3.8) is 0 Å². The third-order valence-electron chi connectivity index (χ3n) is 4.88. The summed E-state index contributed by atoms with van der Waals surface area (Å²) in [5.41, 5.74) is 8.42. The minimum Gasteiger partial charge on any atom is -0.260 e. The number of pyridine rings is 1. The van der Waals surface area contributed by atoms with Crippen LogP contribution in [0.5, 0.6) is 0 Å². The highest BCUT2D eigenvalue weighted by molar-refractivity contribution is 7.26. The van der Waals surface area contributed by atoms with Gasteiger partial charge in [-0.25, -0.2) is 0 Å². The van der Waals surface area contributed by atoms with E-state index in [0.29, 0.717) is 5.92 Å². The Morgan fingerprint density at radius 3 is 2.23 bits per heavy atom. The van der Waals surface area contributed by atoms with Crippen LogP contribution >= 0.6 is 11.3 Å². The van der Waals surface area contributed by atoms with Gasteiger partial charge in [-0.2, -0.15) is 0 Å². The van der Waals surface area contributed by atoms with Crippen LogP contribution in [0.4, 0.5) is 0 Å². The third-order valence-corrected chi connectivity index (χ3v) is 6.30. The predicted molar refractivity (Wildman–Crippen MR) is 99.4 cm³/mol. The monoisotopic (exact) mass is 311 g/mol. The molecule has 0 atom stereocenters. The highest BCUT2D eigenvalue weighted by Crippen LogP contribution is 2.43. The largest absolute Gasteiger partial charge is 0.260 e. The van der Waals surface area contributed by atoms with Crippen LogP contribution in [0.2, 0.25) is 0 Å². The van der Waals surface area contributed by atoms with Gasteiger partial charge in [0.05, 0.1) is 10.4 Å². The second-order valence-electron chi connectivity index (χ2n) is 6.99. The minimum absolute atomic E-state index is 0.684. The van der Waals surface area contributed by atoms with Crippen LogP contribution in [0.1, 0.15) is 47.4 Å². The fourth-order valence-electron chi connectivity index (χ4n) is 3.54. The number of hydrogen-bond donors (Lipinski definition) is 0. The van der Waals surface area contributed by atoms with Gasteiger partial charge in [0.1, 0.15) is 0 Å². The molecule has 2 heterocycles. The van der Waals surface area contributed by atoms with Gasteiger partial charge in [0.15, 0.2) is 0 Å². The Bertz CT molecular complexity index is 884. The van der Waals surface area contributed by atoms with Gasteiger partial charge in [0.25, 0.3) is 0 Å². The van der Waals surface area contributed by atoms with Crippen LogP contribution in [0.3, 0.4) is 0 Å². The second-order valence-corrected chi connectivity index (χ2v) is 8.01. The van der Waals surface area contributed by atoms with E-state index < -0.39 is 0 Å². The number of hydrogen-bond acceptors (Lipinski definition) is 2. The predicted octanol–water partition coefficient (Wildman–Crippen LogP) is 6.19. The molecule has 0 spiro atoms. The summed E-state index contributed by atoms with van der Waals surface area (Å²) >= 11 is 1.92. The molecule has 0 unspecified atom stereocenters. The molecule has 3 aromatic rings. The van der Waals surface area contributed by atoms with Crippen molar-refractivity contribution >= 4 is 31.5 Å². The maximum Gasteiger partial charge on any atom is 0.0570 e. The zero-order chi connectivity index (χ0) is 16.2. The van der Waals surface area contributed by atoms with Gasteiger partial charge >= 0.3 is 0 Å². The summed E-state index contributed by atoms with van der Waals surface area (Å²) in [7, 11) is 0. The first-order valence-corrected chi connectivity index (χ1v) is 8.91. The molecular formula is C20H25NS. The van der Waals surface area contributed by atoms with Crippen molar-refractivity contribution < 1.29 is 0 Å². The molecule has 2 heteroatoms. The highest BCUT2D eigenvalue weighted by Gasteiger charge is 2.19. The Hall–Kier alpha value is -1.41. The first-order valence-electron chi connectivity index (χ1n) is 8.10.